The maximum absolute atomic E-state index is 13.6. The molecule has 0 saturated heterocycles. The highest BCUT2D eigenvalue weighted by Gasteiger charge is 2.29. The van der Waals surface area contributed by atoms with Crippen molar-refractivity contribution in [2.24, 2.45) is 5.10 Å². The molecular formula is C25H27N3O5S. The van der Waals surface area contributed by atoms with Crippen LogP contribution in [-0.4, -0.2) is 41.3 Å². The third-order valence-corrected chi connectivity index (χ3v) is 6.77. The van der Waals surface area contributed by atoms with Crippen LogP contribution in [0.5, 0.6) is 11.5 Å². The van der Waals surface area contributed by atoms with Crippen LogP contribution in [0.4, 0.5) is 5.69 Å². The Balaban J connectivity index is 1.91. The number of carbonyl (C=O) groups is 1. The van der Waals surface area contributed by atoms with Crippen LogP contribution in [0.15, 0.2) is 76.7 Å². The van der Waals surface area contributed by atoms with Crippen molar-refractivity contribution >= 4 is 27.8 Å². The number of hydrogen-bond acceptors (Lipinski definition) is 6. The number of carbonyl (C=O) groups excluding carboxylic acids is 1. The van der Waals surface area contributed by atoms with Gasteiger partial charge in [0, 0.05) is 0 Å². The molecule has 3 aromatic rings. The molecule has 0 aliphatic heterocycles. The Bertz CT molecular complexity index is 1290. The monoisotopic (exact) mass is 481 g/mol. The number of sulfonamides is 1. The number of anilines is 1. The van der Waals surface area contributed by atoms with Crippen molar-refractivity contribution in [3.8, 4) is 11.5 Å². The molecule has 0 fully saturated rings. The zero-order chi connectivity index (χ0) is 24.7. The second kappa shape index (κ2) is 10.8. The average molecular weight is 482 g/mol. The Kier molecular flexibility index (Phi) is 7.91. The van der Waals surface area contributed by atoms with Crippen molar-refractivity contribution in [2.45, 2.75) is 18.7 Å². The second-order valence-corrected chi connectivity index (χ2v) is 9.43. The summed E-state index contributed by atoms with van der Waals surface area (Å²) in [6.45, 7) is 3.20. The van der Waals surface area contributed by atoms with E-state index in [-0.39, 0.29) is 10.6 Å². The first-order chi connectivity index (χ1) is 16.2. The fraction of sp³-hybridized carbons (Fsp3) is 0.200. The highest BCUT2D eigenvalue weighted by molar-refractivity contribution is 7.92. The number of benzene rings is 3. The number of nitrogens with zero attached hydrogens (tertiary/aromatic N) is 2. The minimum Gasteiger partial charge on any atom is -0.497 e. The van der Waals surface area contributed by atoms with E-state index >= 15 is 0 Å². The van der Waals surface area contributed by atoms with Crippen LogP contribution in [-0.2, 0) is 14.8 Å². The van der Waals surface area contributed by atoms with Crippen molar-refractivity contribution in [1.29, 1.82) is 0 Å². The number of methoxy groups -OCH3 is 2. The van der Waals surface area contributed by atoms with Crippen LogP contribution in [0.25, 0.3) is 0 Å². The molecule has 0 unspecified atom stereocenters. The Morgan fingerprint density at radius 3 is 2.35 bits per heavy atom. The Morgan fingerprint density at radius 1 is 0.971 bits per heavy atom. The smallest absolute Gasteiger partial charge is 0.264 e. The summed E-state index contributed by atoms with van der Waals surface area (Å²) in [6.07, 6.45) is 1.45. The van der Waals surface area contributed by atoms with E-state index in [1.807, 2.05) is 13.8 Å². The lowest BCUT2D eigenvalue weighted by Gasteiger charge is -2.25. The summed E-state index contributed by atoms with van der Waals surface area (Å²) in [4.78, 5) is 12.8. The zero-order valence-corrected chi connectivity index (χ0v) is 20.3. The van der Waals surface area contributed by atoms with Crippen LogP contribution in [0.3, 0.4) is 0 Å². The summed E-state index contributed by atoms with van der Waals surface area (Å²) in [7, 11) is -1.07. The molecule has 0 heterocycles. The fourth-order valence-corrected chi connectivity index (χ4v) is 4.62. The first-order valence-corrected chi connectivity index (χ1v) is 11.9. The normalized spacial score (nSPS) is 11.3. The van der Waals surface area contributed by atoms with Crippen LogP contribution in [0.2, 0.25) is 0 Å². The van der Waals surface area contributed by atoms with Gasteiger partial charge < -0.3 is 9.47 Å². The molecule has 0 spiro atoms. The molecule has 1 amide bonds. The number of ether oxygens (including phenoxy) is 2. The number of nitrogens with one attached hydrogen (secondary N) is 1. The van der Waals surface area contributed by atoms with Gasteiger partial charge in [-0.25, -0.2) is 13.8 Å². The van der Waals surface area contributed by atoms with Crippen LogP contribution in [0.1, 0.15) is 16.7 Å². The Labute approximate surface area is 199 Å². The summed E-state index contributed by atoms with van der Waals surface area (Å²) in [5.41, 5.74) is 5.10. The van der Waals surface area contributed by atoms with Gasteiger partial charge in [0.2, 0.25) is 0 Å². The molecule has 34 heavy (non-hydrogen) atoms. The second-order valence-electron chi connectivity index (χ2n) is 7.57. The highest BCUT2D eigenvalue weighted by Crippen LogP contribution is 2.33. The molecule has 0 aliphatic rings. The summed E-state index contributed by atoms with van der Waals surface area (Å²) in [5.74, 6) is 0.365. The summed E-state index contributed by atoms with van der Waals surface area (Å²) < 4.78 is 38.7. The molecule has 0 saturated carbocycles. The van der Waals surface area contributed by atoms with Gasteiger partial charge in [-0.3, -0.25) is 9.10 Å². The molecule has 0 bridgehead atoms. The molecule has 0 aliphatic carbocycles. The third-order valence-electron chi connectivity index (χ3n) is 5.00. The van der Waals surface area contributed by atoms with E-state index in [2.05, 4.69) is 10.5 Å². The minimum absolute atomic E-state index is 0.0642. The van der Waals surface area contributed by atoms with E-state index in [1.54, 1.807) is 61.7 Å². The fourth-order valence-electron chi connectivity index (χ4n) is 3.20. The Hall–Kier alpha value is -3.85. The number of hydrogen-bond donors (Lipinski definition) is 1. The van der Waals surface area contributed by atoms with Crippen molar-refractivity contribution in [3.63, 3.8) is 0 Å². The van der Waals surface area contributed by atoms with E-state index in [9.17, 15) is 13.2 Å². The molecule has 1 N–H and O–H groups in total. The summed E-state index contributed by atoms with van der Waals surface area (Å²) in [6, 6.07) is 18.7. The lowest BCUT2D eigenvalue weighted by Crippen LogP contribution is -2.39. The predicted octanol–water partition coefficient (Wildman–Crippen LogP) is 3.67. The summed E-state index contributed by atoms with van der Waals surface area (Å²) in [5, 5.41) is 3.96. The summed E-state index contributed by atoms with van der Waals surface area (Å²) >= 11 is 0. The van der Waals surface area contributed by atoms with Gasteiger partial charge >= 0.3 is 0 Å². The van der Waals surface area contributed by atoms with Gasteiger partial charge in [-0.05, 0) is 61.4 Å². The standard InChI is InChI=1S/C25H27N3O5S/c1-18-8-11-22(12-9-18)34(30,31)28(23-14-19(2)10-13-24(23)33-4)17-25(29)27-26-16-20-6-5-7-21(15-20)32-3/h5-16H,17H2,1-4H3,(H,27,29)/b26-16-. The maximum Gasteiger partial charge on any atom is 0.264 e. The topological polar surface area (TPSA) is 97.3 Å². The number of aryl methyl sites for hydroxylation is 2. The van der Waals surface area contributed by atoms with Crippen molar-refractivity contribution in [1.82, 2.24) is 5.43 Å². The molecule has 3 rings (SSSR count). The number of amides is 1. The maximum atomic E-state index is 13.6. The van der Waals surface area contributed by atoms with Crippen molar-refractivity contribution in [2.75, 3.05) is 25.1 Å². The zero-order valence-electron chi connectivity index (χ0n) is 19.5. The Morgan fingerprint density at radius 2 is 1.68 bits per heavy atom. The van der Waals surface area contributed by atoms with E-state index in [4.69, 9.17) is 9.47 Å². The van der Waals surface area contributed by atoms with Crippen molar-refractivity contribution < 1.29 is 22.7 Å². The lowest BCUT2D eigenvalue weighted by molar-refractivity contribution is -0.119. The molecule has 8 nitrogen and oxygen atoms in total. The van der Waals surface area contributed by atoms with Gasteiger partial charge in [-0.15, -0.1) is 0 Å². The first kappa shape index (κ1) is 24.8. The van der Waals surface area contributed by atoms with Crippen LogP contribution >= 0.6 is 0 Å². The van der Waals surface area contributed by atoms with E-state index in [0.29, 0.717) is 17.1 Å². The van der Waals surface area contributed by atoms with Crippen LogP contribution < -0.4 is 19.2 Å². The number of rotatable bonds is 9. The lowest BCUT2D eigenvalue weighted by atomic mass is 10.2. The largest absolute Gasteiger partial charge is 0.497 e. The average Bonchev–Trinajstić information content (AvgIpc) is 2.83. The third kappa shape index (κ3) is 5.93. The molecule has 0 aromatic heterocycles. The van der Waals surface area contributed by atoms with Gasteiger partial charge in [-0.2, -0.15) is 5.10 Å². The SMILES string of the molecule is COc1cccc(/C=N\NC(=O)CN(c2cc(C)ccc2OC)S(=O)(=O)c2ccc(C)cc2)c1. The van der Waals surface area contributed by atoms with Gasteiger partial charge in [0.05, 0.1) is 31.0 Å². The molecule has 178 valence electrons. The van der Waals surface area contributed by atoms with E-state index in [1.165, 1.54) is 25.5 Å². The van der Waals surface area contributed by atoms with Crippen LogP contribution in [0, 0.1) is 13.8 Å². The first-order valence-electron chi connectivity index (χ1n) is 10.4. The highest BCUT2D eigenvalue weighted by atomic mass is 32.2. The quantitative estimate of drug-likeness (QED) is 0.372. The van der Waals surface area contributed by atoms with E-state index in [0.717, 1.165) is 15.4 Å². The van der Waals surface area contributed by atoms with Gasteiger partial charge in [0.25, 0.3) is 15.9 Å². The molecular weight excluding hydrogens is 454 g/mol. The van der Waals surface area contributed by atoms with Gasteiger partial charge in [0.1, 0.15) is 18.0 Å². The molecule has 0 atom stereocenters. The minimum atomic E-state index is -4.08. The van der Waals surface area contributed by atoms with Gasteiger partial charge in [-0.1, -0.05) is 35.9 Å². The van der Waals surface area contributed by atoms with E-state index < -0.39 is 22.5 Å². The predicted molar refractivity (Wildman–Crippen MR) is 132 cm³/mol. The van der Waals surface area contributed by atoms with Gasteiger partial charge in [0.15, 0.2) is 0 Å². The molecule has 3 aromatic carbocycles. The molecule has 0 radical (unpaired) electrons. The molecule has 9 heteroatoms. The number of hydrazone groups is 1. The van der Waals surface area contributed by atoms with Crippen molar-refractivity contribution in [3.05, 3.63) is 83.4 Å².